The molecule has 0 spiro atoms. The Kier molecular flexibility index (Phi) is 3.20. The van der Waals surface area contributed by atoms with Crippen molar-refractivity contribution in [2.75, 3.05) is 5.73 Å². The predicted octanol–water partition coefficient (Wildman–Crippen LogP) is 3.69. The highest BCUT2D eigenvalue weighted by atomic mass is 35.5. The molecule has 0 unspecified atom stereocenters. The van der Waals surface area contributed by atoms with Crippen LogP contribution in [-0.2, 0) is 0 Å². The molecule has 23 heavy (non-hydrogen) atoms. The molecule has 0 radical (unpaired) electrons. The minimum absolute atomic E-state index is 0.396. The molecule has 3 aromatic heterocycles. The molecular formula is C17H12ClN5. The molecular weight excluding hydrogens is 310 g/mol. The standard InChI is InChI=1S/C17H12ClN5/c18-13-6-2-1-5-12(13)11-9-21-17-15(14-7-3-4-8-20-14)16(19)22-23(17)10-11/h1-10H,(H2,19,22). The van der Waals surface area contributed by atoms with Gasteiger partial charge in [-0.05, 0) is 18.2 Å². The Morgan fingerprint density at radius 1 is 1.00 bits per heavy atom. The fourth-order valence-corrected chi connectivity index (χ4v) is 2.79. The lowest BCUT2D eigenvalue weighted by molar-refractivity contribution is 0.947. The van der Waals surface area contributed by atoms with Crippen LogP contribution in [0.3, 0.4) is 0 Å². The minimum atomic E-state index is 0.396. The maximum Gasteiger partial charge on any atom is 0.166 e. The summed E-state index contributed by atoms with van der Waals surface area (Å²) >= 11 is 6.25. The highest BCUT2D eigenvalue weighted by Crippen LogP contribution is 2.31. The second-order valence-corrected chi connectivity index (χ2v) is 5.47. The van der Waals surface area contributed by atoms with Gasteiger partial charge in [0.2, 0.25) is 0 Å². The Balaban J connectivity index is 1.91. The number of hydrogen-bond donors (Lipinski definition) is 1. The highest BCUT2D eigenvalue weighted by Gasteiger charge is 2.15. The molecule has 2 N–H and O–H groups in total. The Labute approximate surface area is 137 Å². The van der Waals surface area contributed by atoms with E-state index >= 15 is 0 Å². The van der Waals surface area contributed by atoms with Gasteiger partial charge in [0.25, 0.3) is 0 Å². The zero-order valence-electron chi connectivity index (χ0n) is 12.0. The summed E-state index contributed by atoms with van der Waals surface area (Å²) in [6, 6.07) is 13.3. The largest absolute Gasteiger partial charge is 0.382 e. The van der Waals surface area contributed by atoms with Crippen molar-refractivity contribution in [1.29, 1.82) is 0 Å². The van der Waals surface area contributed by atoms with E-state index in [0.717, 1.165) is 22.4 Å². The average Bonchev–Trinajstić information content (AvgIpc) is 2.91. The van der Waals surface area contributed by atoms with Crippen LogP contribution < -0.4 is 5.73 Å². The van der Waals surface area contributed by atoms with Crippen molar-refractivity contribution >= 4 is 23.1 Å². The van der Waals surface area contributed by atoms with Crippen LogP contribution in [0, 0.1) is 0 Å². The van der Waals surface area contributed by atoms with Crippen LogP contribution in [0.25, 0.3) is 28.0 Å². The molecule has 0 atom stereocenters. The molecule has 1 aromatic carbocycles. The number of pyridine rings is 1. The first-order valence-corrected chi connectivity index (χ1v) is 7.42. The number of benzene rings is 1. The molecule has 0 fully saturated rings. The molecule has 0 aliphatic heterocycles. The Hall–Kier alpha value is -2.92. The second-order valence-electron chi connectivity index (χ2n) is 5.07. The average molecular weight is 322 g/mol. The van der Waals surface area contributed by atoms with Gasteiger partial charge in [-0.2, -0.15) is 0 Å². The van der Waals surface area contributed by atoms with Gasteiger partial charge in [-0.25, -0.2) is 9.50 Å². The van der Waals surface area contributed by atoms with Crippen LogP contribution in [0.4, 0.5) is 5.82 Å². The number of nitrogens with two attached hydrogens (primary N) is 1. The third-order valence-corrected chi connectivity index (χ3v) is 3.93. The number of halogens is 1. The molecule has 112 valence electrons. The van der Waals surface area contributed by atoms with Gasteiger partial charge in [0.15, 0.2) is 11.5 Å². The van der Waals surface area contributed by atoms with Crippen molar-refractivity contribution in [2.45, 2.75) is 0 Å². The van der Waals surface area contributed by atoms with Gasteiger partial charge >= 0.3 is 0 Å². The first kappa shape index (κ1) is 13.7. The van der Waals surface area contributed by atoms with Crippen molar-refractivity contribution in [3.05, 3.63) is 66.1 Å². The second kappa shape index (κ2) is 5.37. The fourth-order valence-electron chi connectivity index (χ4n) is 2.54. The molecule has 4 aromatic rings. The Bertz CT molecular complexity index is 994. The van der Waals surface area contributed by atoms with Crippen LogP contribution in [0.2, 0.25) is 5.02 Å². The summed E-state index contributed by atoms with van der Waals surface area (Å²) in [6.07, 6.45) is 5.35. The van der Waals surface area contributed by atoms with Gasteiger partial charge in [-0.3, -0.25) is 4.98 Å². The van der Waals surface area contributed by atoms with Crippen molar-refractivity contribution in [3.63, 3.8) is 0 Å². The van der Waals surface area contributed by atoms with Crippen molar-refractivity contribution in [1.82, 2.24) is 19.6 Å². The third-order valence-electron chi connectivity index (χ3n) is 3.61. The van der Waals surface area contributed by atoms with Crippen molar-refractivity contribution < 1.29 is 0 Å². The van der Waals surface area contributed by atoms with E-state index in [9.17, 15) is 0 Å². The maximum absolute atomic E-state index is 6.25. The number of anilines is 1. The lowest BCUT2D eigenvalue weighted by Crippen LogP contribution is -1.93. The molecule has 0 aliphatic rings. The maximum atomic E-state index is 6.25. The van der Waals surface area contributed by atoms with Crippen molar-refractivity contribution in [2.24, 2.45) is 0 Å². The summed E-state index contributed by atoms with van der Waals surface area (Å²) in [5, 5.41) is 5.02. The molecule has 0 aliphatic carbocycles. The van der Waals surface area contributed by atoms with Crippen LogP contribution in [0.1, 0.15) is 0 Å². The Morgan fingerprint density at radius 3 is 2.61 bits per heavy atom. The summed E-state index contributed by atoms with van der Waals surface area (Å²) < 4.78 is 1.66. The van der Waals surface area contributed by atoms with Crippen molar-refractivity contribution in [3.8, 4) is 22.4 Å². The number of fused-ring (bicyclic) bond motifs is 1. The van der Waals surface area contributed by atoms with E-state index in [1.54, 1.807) is 16.9 Å². The van der Waals surface area contributed by atoms with E-state index in [-0.39, 0.29) is 0 Å². The molecule has 3 heterocycles. The molecule has 0 saturated carbocycles. The molecule has 4 rings (SSSR count). The predicted molar refractivity (Wildman–Crippen MR) is 91.1 cm³/mol. The van der Waals surface area contributed by atoms with E-state index in [4.69, 9.17) is 17.3 Å². The van der Waals surface area contributed by atoms with E-state index in [2.05, 4.69) is 15.1 Å². The number of nitrogens with zero attached hydrogens (tertiary/aromatic N) is 4. The van der Waals surface area contributed by atoms with Gasteiger partial charge in [0.1, 0.15) is 0 Å². The van der Waals surface area contributed by atoms with E-state index in [0.29, 0.717) is 16.5 Å². The lowest BCUT2D eigenvalue weighted by Gasteiger charge is -2.04. The van der Waals surface area contributed by atoms with Gasteiger partial charge < -0.3 is 5.73 Å². The van der Waals surface area contributed by atoms with Crippen LogP contribution >= 0.6 is 11.6 Å². The fraction of sp³-hybridized carbons (Fsp3) is 0. The van der Waals surface area contributed by atoms with Crippen LogP contribution in [0.15, 0.2) is 61.1 Å². The molecule has 6 heteroatoms. The first-order chi connectivity index (χ1) is 11.2. The summed E-state index contributed by atoms with van der Waals surface area (Å²) in [5.74, 6) is 0.396. The number of rotatable bonds is 2. The quantitative estimate of drug-likeness (QED) is 0.611. The van der Waals surface area contributed by atoms with Gasteiger partial charge in [-0.1, -0.05) is 35.9 Å². The summed E-state index contributed by atoms with van der Waals surface area (Å²) in [4.78, 5) is 8.85. The van der Waals surface area contributed by atoms with Gasteiger partial charge in [0.05, 0.1) is 11.3 Å². The molecule has 0 bridgehead atoms. The number of hydrogen-bond acceptors (Lipinski definition) is 4. The normalized spacial score (nSPS) is 11.0. The summed E-state index contributed by atoms with van der Waals surface area (Å²) in [7, 11) is 0. The van der Waals surface area contributed by atoms with E-state index in [1.165, 1.54) is 0 Å². The van der Waals surface area contributed by atoms with E-state index in [1.807, 2.05) is 48.7 Å². The highest BCUT2D eigenvalue weighted by molar-refractivity contribution is 6.33. The Morgan fingerprint density at radius 2 is 1.83 bits per heavy atom. The first-order valence-electron chi connectivity index (χ1n) is 7.04. The van der Waals surface area contributed by atoms with Crippen LogP contribution in [0.5, 0.6) is 0 Å². The monoisotopic (exact) mass is 321 g/mol. The van der Waals surface area contributed by atoms with E-state index < -0.39 is 0 Å². The van der Waals surface area contributed by atoms with Gasteiger partial charge in [-0.15, -0.1) is 5.10 Å². The van der Waals surface area contributed by atoms with Crippen LogP contribution in [-0.4, -0.2) is 19.6 Å². The smallest absolute Gasteiger partial charge is 0.166 e. The molecule has 0 amide bonds. The summed E-state index contributed by atoms with van der Waals surface area (Å²) in [6.45, 7) is 0. The number of nitrogen functional groups attached to an aromatic ring is 1. The van der Waals surface area contributed by atoms with Gasteiger partial charge in [0, 0.05) is 34.7 Å². The SMILES string of the molecule is Nc1nn2cc(-c3ccccc3Cl)cnc2c1-c1ccccn1. The molecule has 5 nitrogen and oxygen atoms in total. The topological polar surface area (TPSA) is 69.1 Å². The minimum Gasteiger partial charge on any atom is -0.382 e. The summed E-state index contributed by atoms with van der Waals surface area (Å²) in [5.41, 5.74) is 9.98. The zero-order valence-corrected chi connectivity index (χ0v) is 12.8. The lowest BCUT2D eigenvalue weighted by atomic mass is 10.1. The third kappa shape index (κ3) is 2.31. The number of aromatic nitrogens is 4. The zero-order chi connectivity index (χ0) is 15.8. The molecule has 0 saturated heterocycles.